The van der Waals surface area contributed by atoms with Crippen LogP contribution in [0.3, 0.4) is 0 Å². The zero-order valence-corrected chi connectivity index (χ0v) is 13.6. The number of benzene rings is 2. The van der Waals surface area contributed by atoms with Crippen molar-refractivity contribution >= 4 is 11.6 Å². The molecule has 1 amide bonds. The van der Waals surface area contributed by atoms with Gasteiger partial charge < -0.3 is 24.3 Å². The van der Waals surface area contributed by atoms with E-state index in [9.17, 15) is 4.79 Å². The second-order valence-electron chi connectivity index (χ2n) is 5.25. The van der Waals surface area contributed by atoms with Gasteiger partial charge >= 0.3 is 0 Å². The first-order valence-corrected chi connectivity index (χ1v) is 7.71. The lowest BCUT2D eigenvalue weighted by Gasteiger charge is -2.17. The standard InChI is InChI=1S/C18H19NO5/c1-3-15(24-14-7-5-13(21-2)6-8-14)18(20)19-12-4-9-16-17(10-12)23-11-22-16/h4-10,15H,3,11H2,1-2H3,(H,19,20)/t15-/m1/s1. The number of fused-ring (bicyclic) bond motifs is 1. The molecule has 126 valence electrons. The van der Waals surface area contributed by atoms with Crippen LogP contribution in [0.4, 0.5) is 5.69 Å². The van der Waals surface area contributed by atoms with Gasteiger partial charge in [0.15, 0.2) is 17.6 Å². The number of hydrogen-bond donors (Lipinski definition) is 1. The summed E-state index contributed by atoms with van der Waals surface area (Å²) in [5.74, 6) is 2.43. The number of amides is 1. The van der Waals surface area contributed by atoms with Crippen LogP contribution in [-0.2, 0) is 4.79 Å². The molecule has 1 aliphatic rings. The molecule has 2 aromatic rings. The first-order chi connectivity index (χ1) is 11.7. The van der Waals surface area contributed by atoms with Gasteiger partial charge in [0.2, 0.25) is 6.79 Å². The molecule has 6 nitrogen and oxygen atoms in total. The molecule has 0 unspecified atom stereocenters. The third-order valence-electron chi connectivity index (χ3n) is 3.64. The highest BCUT2D eigenvalue weighted by Crippen LogP contribution is 2.34. The lowest BCUT2D eigenvalue weighted by Crippen LogP contribution is -2.32. The zero-order chi connectivity index (χ0) is 16.9. The lowest BCUT2D eigenvalue weighted by atomic mass is 10.2. The molecule has 0 aliphatic carbocycles. The summed E-state index contributed by atoms with van der Waals surface area (Å²) in [5.41, 5.74) is 0.640. The van der Waals surface area contributed by atoms with Crippen molar-refractivity contribution in [2.45, 2.75) is 19.4 Å². The molecule has 0 fully saturated rings. The average molecular weight is 329 g/mol. The quantitative estimate of drug-likeness (QED) is 0.881. The van der Waals surface area contributed by atoms with Gasteiger partial charge in [-0.05, 0) is 42.8 Å². The van der Waals surface area contributed by atoms with Gasteiger partial charge in [0.1, 0.15) is 11.5 Å². The van der Waals surface area contributed by atoms with E-state index in [1.165, 1.54) is 0 Å². The van der Waals surface area contributed by atoms with Gasteiger partial charge in [0.05, 0.1) is 7.11 Å². The summed E-state index contributed by atoms with van der Waals surface area (Å²) in [6.07, 6.45) is -0.0496. The number of anilines is 1. The summed E-state index contributed by atoms with van der Waals surface area (Å²) in [4.78, 5) is 12.4. The van der Waals surface area contributed by atoms with E-state index in [-0.39, 0.29) is 12.7 Å². The smallest absolute Gasteiger partial charge is 0.265 e. The van der Waals surface area contributed by atoms with E-state index >= 15 is 0 Å². The molecule has 0 spiro atoms. The van der Waals surface area contributed by atoms with Crippen LogP contribution in [0.25, 0.3) is 0 Å². The van der Waals surface area contributed by atoms with Crippen LogP contribution in [-0.4, -0.2) is 25.9 Å². The first kappa shape index (κ1) is 16.0. The molecule has 1 N–H and O–H groups in total. The minimum atomic E-state index is -0.594. The fraction of sp³-hybridized carbons (Fsp3) is 0.278. The minimum absolute atomic E-state index is 0.199. The third kappa shape index (κ3) is 3.53. The van der Waals surface area contributed by atoms with Gasteiger partial charge in [0, 0.05) is 11.8 Å². The van der Waals surface area contributed by atoms with Gasteiger partial charge in [-0.15, -0.1) is 0 Å². The fourth-order valence-corrected chi connectivity index (χ4v) is 2.34. The van der Waals surface area contributed by atoms with Gasteiger partial charge in [-0.3, -0.25) is 4.79 Å². The zero-order valence-electron chi connectivity index (χ0n) is 13.6. The lowest BCUT2D eigenvalue weighted by molar-refractivity contribution is -0.122. The van der Waals surface area contributed by atoms with Crippen LogP contribution in [0, 0.1) is 0 Å². The van der Waals surface area contributed by atoms with E-state index in [0.717, 1.165) is 5.75 Å². The number of hydrogen-bond acceptors (Lipinski definition) is 5. The Morgan fingerprint density at radius 2 is 1.83 bits per heavy atom. The van der Waals surface area contributed by atoms with Gasteiger partial charge in [-0.1, -0.05) is 6.92 Å². The van der Waals surface area contributed by atoms with Crippen molar-refractivity contribution in [3.8, 4) is 23.0 Å². The average Bonchev–Trinajstić information content (AvgIpc) is 3.07. The maximum atomic E-state index is 12.4. The van der Waals surface area contributed by atoms with Crippen LogP contribution >= 0.6 is 0 Å². The van der Waals surface area contributed by atoms with Crippen LogP contribution in [0.1, 0.15) is 13.3 Å². The molecular weight excluding hydrogens is 310 g/mol. The molecule has 0 saturated carbocycles. The molecule has 6 heteroatoms. The summed E-state index contributed by atoms with van der Waals surface area (Å²) in [6, 6.07) is 12.4. The fourth-order valence-electron chi connectivity index (χ4n) is 2.34. The Morgan fingerprint density at radius 1 is 1.12 bits per heavy atom. The first-order valence-electron chi connectivity index (χ1n) is 7.71. The second kappa shape index (κ2) is 7.12. The number of carbonyl (C=O) groups excluding carboxylic acids is 1. The van der Waals surface area contributed by atoms with Crippen molar-refractivity contribution in [2.75, 3.05) is 19.2 Å². The van der Waals surface area contributed by atoms with Crippen molar-refractivity contribution in [3.05, 3.63) is 42.5 Å². The maximum Gasteiger partial charge on any atom is 0.265 e. The Balaban J connectivity index is 1.65. The Hall–Kier alpha value is -2.89. The van der Waals surface area contributed by atoms with Gasteiger partial charge in [-0.25, -0.2) is 0 Å². The topological polar surface area (TPSA) is 66.0 Å². The molecule has 0 aromatic heterocycles. The van der Waals surface area contributed by atoms with Crippen LogP contribution < -0.4 is 24.3 Å². The molecule has 3 rings (SSSR count). The Bertz CT molecular complexity index is 714. The SMILES string of the molecule is CC[C@@H](Oc1ccc(OC)cc1)C(=O)Nc1ccc2c(c1)OCO2. The summed E-state index contributed by atoms with van der Waals surface area (Å²) in [7, 11) is 1.60. The van der Waals surface area contributed by atoms with E-state index in [4.69, 9.17) is 18.9 Å². The largest absolute Gasteiger partial charge is 0.497 e. The molecule has 1 aliphatic heterocycles. The molecule has 2 aromatic carbocycles. The van der Waals surface area contributed by atoms with E-state index in [1.807, 2.05) is 6.92 Å². The van der Waals surface area contributed by atoms with E-state index < -0.39 is 6.10 Å². The van der Waals surface area contributed by atoms with Crippen molar-refractivity contribution < 1.29 is 23.7 Å². The predicted molar refractivity (Wildman–Crippen MR) is 88.9 cm³/mol. The van der Waals surface area contributed by atoms with Crippen molar-refractivity contribution in [2.24, 2.45) is 0 Å². The summed E-state index contributed by atoms with van der Waals surface area (Å²) >= 11 is 0. The van der Waals surface area contributed by atoms with Crippen LogP contribution in [0.2, 0.25) is 0 Å². The van der Waals surface area contributed by atoms with Crippen LogP contribution in [0.15, 0.2) is 42.5 Å². The molecule has 1 heterocycles. The molecule has 0 radical (unpaired) electrons. The molecule has 1 atom stereocenters. The maximum absolute atomic E-state index is 12.4. The molecule has 0 bridgehead atoms. The Kier molecular flexibility index (Phi) is 4.74. The normalized spacial score (nSPS) is 13.2. The number of methoxy groups -OCH3 is 1. The highest BCUT2D eigenvalue weighted by Gasteiger charge is 2.20. The molecule has 24 heavy (non-hydrogen) atoms. The number of rotatable bonds is 6. The summed E-state index contributed by atoms with van der Waals surface area (Å²) in [5, 5.41) is 2.84. The highest BCUT2D eigenvalue weighted by atomic mass is 16.7. The Labute approximate surface area is 140 Å². The van der Waals surface area contributed by atoms with Crippen molar-refractivity contribution in [1.29, 1.82) is 0 Å². The van der Waals surface area contributed by atoms with E-state index in [2.05, 4.69) is 5.32 Å². The van der Waals surface area contributed by atoms with E-state index in [0.29, 0.717) is 29.4 Å². The summed E-state index contributed by atoms with van der Waals surface area (Å²) in [6.45, 7) is 2.10. The number of ether oxygens (including phenoxy) is 4. The number of carbonyl (C=O) groups is 1. The summed E-state index contributed by atoms with van der Waals surface area (Å²) < 4.78 is 21.4. The van der Waals surface area contributed by atoms with Crippen molar-refractivity contribution in [1.82, 2.24) is 0 Å². The van der Waals surface area contributed by atoms with Gasteiger partial charge in [-0.2, -0.15) is 0 Å². The van der Waals surface area contributed by atoms with Crippen molar-refractivity contribution in [3.63, 3.8) is 0 Å². The highest BCUT2D eigenvalue weighted by molar-refractivity contribution is 5.94. The van der Waals surface area contributed by atoms with Gasteiger partial charge in [0.25, 0.3) is 5.91 Å². The molecule has 0 saturated heterocycles. The Morgan fingerprint density at radius 3 is 2.54 bits per heavy atom. The monoisotopic (exact) mass is 329 g/mol. The van der Waals surface area contributed by atoms with Crippen LogP contribution in [0.5, 0.6) is 23.0 Å². The van der Waals surface area contributed by atoms with E-state index in [1.54, 1.807) is 49.6 Å². The third-order valence-corrected chi connectivity index (χ3v) is 3.64. The minimum Gasteiger partial charge on any atom is -0.497 e. The molecular formula is C18H19NO5. The second-order valence-corrected chi connectivity index (χ2v) is 5.25. The number of nitrogens with one attached hydrogen (secondary N) is 1. The predicted octanol–water partition coefficient (Wildman–Crippen LogP) is 3.22.